The highest BCUT2D eigenvalue weighted by Gasteiger charge is 2.29. The molecule has 0 saturated carbocycles. The summed E-state index contributed by atoms with van der Waals surface area (Å²) in [7, 11) is 0. The van der Waals surface area contributed by atoms with E-state index in [4.69, 9.17) is 0 Å². The predicted molar refractivity (Wildman–Crippen MR) is 280 cm³/mol. The van der Waals surface area contributed by atoms with Gasteiger partial charge in [0.2, 0.25) is 0 Å². The molecule has 2 aliphatic carbocycles. The average Bonchev–Trinajstić information content (AvgIpc) is 3.89. The number of rotatable bonds is 4. The van der Waals surface area contributed by atoms with Gasteiger partial charge < -0.3 is 9.80 Å². The number of benzene rings is 11. The lowest BCUT2D eigenvalue weighted by Gasteiger charge is -2.32. The predicted octanol–water partition coefficient (Wildman–Crippen LogP) is 17.1. The third-order valence-corrected chi connectivity index (χ3v) is 15.6. The molecule has 0 bridgehead atoms. The van der Waals surface area contributed by atoms with Crippen LogP contribution in [0.4, 0.5) is 22.7 Å². The third kappa shape index (κ3) is 5.02. The highest BCUT2D eigenvalue weighted by atomic mass is 15.1. The van der Waals surface area contributed by atoms with E-state index in [9.17, 15) is 0 Å². The summed E-state index contributed by atoms with van der Waals surface area (Å²) in [6.07, 6.45) is 4.49. The number of para-hydroxylation sites is 2. The molecule has 0 N–H and O–H groups in total. The molecule has 2 nitrogen and oxygen atoms in total. The van der Waals surface area contributed by atoms with Crippen molar-refractivity contribution < 1.29 is 0 Å². The quantitative estimate of drug-likeness (QED) is 0.163. The molecule has 11 aromatic rings. The Morgan fingerprint density at radius 2 is 0.652 bits per heavy atom. The van der Waals surface area contributed by atoms with Gasteiger partial charge in [0, 0.05) is 35.8 Å². The minimum atomic E-state index is 0.994. The normalized spacial score (nSPS) is 14.2. The van der Waals surface area contributed by atoms with Crippen LogP contribution in [0.5, 0.6) is 0 Å². The molecule has 0 aromatic heterocycles. The van der Waals surface area contributed by atoms with Crippen LogP contribution < -0.4 is 9.80 Å². The topological polar surface area (TPSA) is 6.48 Å². The van der Waals surface area contributed by atoms with Crippen molar-refractivity contribution in [3.63, 3.8) is 0 Å². The number of nitrogens with zero attached hydrogens (tertiary/aromatic N) is 2. The first-order chi connectivity index (χ1) is 32.8. The SMILES string of the molecule is c1ccc2c(c1)CCCN2c1ccc2c(-c3ccc4c5c(cccc35)-c3ccccc3-4)c3cc(N4CCCc5ccccc54)ccc3c(-c3ccc4c5c(cccc35)-c3ccccc3-4)c2c1. The number of hydrogen-bond acceptors (Lipinski definition) is 2. The fourth-order valence-corrected chi connectivity index (χ4v) is 12.8. The van der Waals surface area contributed by atoms with Gasteiger partial charge in [0.1, 0.15) is 0 Å². The van der Waals surface area contributed by atoms with Crippen molar-refractivity contribution in [2.75, 3.05) is 22.9 Å². The van der Waals surface area contributed by atoms with Crippen molar-refractivity contribution in [3.05, 3.63) is 205 Å². The van der Waals surface area contributed by atoms with Crippen LogP contribution in [0.1, 0.15) is 24.0 Å². The maximum atomic E-state index is 2.57. The van der Waals surface area contributed by atoms with Crippen LogP contribution in [0, 0.1) is 0 Å². The molecule has 11 aromatic carbocycles. The molecule has 2 heteroatoms. The fourth-order valence-electron chi connectivity index (χ4n) is 12.8. The van der Waals surface area contributed by atoms with Crippen molar-refractivity contribution in [1.82, 2.24) is 0 Å². The average molecular weight is 841 g/mol. The van der Waals surface area contributed by atoms with Crippen molar-refractivity contribution in [2.45, 2.75) is 25.7 Å². The number of anilines is 4. The summed E-state index contributed by atoms with van der Waals surface area (Å²) in [6.45, 7) is 1.99. The lowest BCUT2D eigenvalue weighted by Crippen LogP contribution is -2.24. The highest BCUT2D eigenvalue weighted by molar-refractivity contribution is 6.29. The second-order valence-corrected chi connectivity index (χ2v) is 18.8. The van der Waals surface area contributed by atoms with Crippen molar-refractivity contribution in [3.8, 4) is 66.8 Å². The van der Waals surface area contributed by atoms with Gasteiger partial charge in [-0.2, -0.15) is 0 Å². The Bertz CT molecular complexity index is 3600. The van der Waals surface area contributed by atoms with Gasteiger partial charge in [0.15, 0.2) is 0 Å². The van der Waals surface area contributed by atoms with Crippen molar-refractivity contribution in [1.29, 1.82) is 0 Å². The number of aryl methyl sites for hydroxylation is 2. The second-order valence-electron chi connectivity index (χ2n) is 18.8. The van der Waals surface area contributed by atoms with Gasteiger partial charge in [-0.1, -0.05) is 158 Å². The van der Waals surface area contributed by atoms with Crippen molar-refractivity contribution >= 4 is 65.8 Å². The Kier molecular flexibility index (Phi) is 7.60. The van der Waals surface area contributed by atoms with Gasteiger partial charge >= 0.3 is 0 Å². The largest absolute Gasteiger partial charge is 0.341 e. The third-order valence-electron chi connectivity index (χ3n) is 15.6. The summed E-state index contributed by atoms with van der Waals surface area (Å²) in [5.41, 5.74) is 23.8. The summed E-state index contributed by atoms with van der Waals surface area (Å²) < 4.78 is 0. The van der Waals surface area contributed by atoms with Crippen LogP contribution in [0.15, 0.2) is 194 Å². The second kappa shape index (κ2) is 13.8. The minimum absolute atomic E-state index is 0.994. The molecule has 15 rings (SSSR count). The van der Waals surface area contributed by atoms with Crippen LogP contribution in [0.3, 0.4) is 0 Å². The molecule has 0 fully saturated rings. The first-order valence-electron chi connectivity index (χ1n) is 23.8. The number of fused-ring (bicyclic) bond motifs is 10. The van der Waals surface area contributed by atoms with E-state index < -0.39 is 0 Å². The van der Waals surface area contributed by atoms with Gasteiger partial charge in [0.05, 0.1) is 0 Å². The molecule has 66 heavy (non-hydrogen) atoms. The van der Waals surface area contributed by atoms with Crippen LogP contribution in [0.25, 0.3) is 110 Å². The van der Waals surface area contributed by atoms with E-state index in [2.05, 4.69) is 204 Å². The molecule has 0 amide bonds. The standard InChI is InChI=1S/C64H44N2/c1-7-25-59-39(13-1)15-11-35-65(59)41-27-29-55-57(37-41)63(53-33-31-51-45-19-5-3-17-43(45)47-21-9-23-49(53)61(47)51)56-30-28-42(66-36-12-16-40-14-2-8-26-60(40)66)38-58(56)64(55)54-34-32-52-46-20-6-4-18-44(46)48-22-10-24-50(54)62(48)52/h1-10,13-14,17-34,37-38H,11-12,15-16,35-36H2. The Balaban J connectivity index is 1.08. The molecular formula is C64H44N2. The summed E-state index contributed by atoms with van der Waals surface area (Å²) in [5.74, 6) is 0. The molecule has 0 spiro atoms. The van der Waals surface area contributed by atoms with Crippen LogP contribution in [0.2, 0.25) is 0 Å². The number of hydrogen-bond donors (Lipinski definition) is 0. The van der Waals surface area contributed by atoms with Crippen LogP contribution in [-0.4, -0.2) is 13.1 Å². The maximum absolute atomic E-state index is 2.57. The first-order valence-corrected chi connectivity index (χ1v) is 23.8. The zero-order valence-electron chi connectivity index (χ0n) is 36.6. The molecule has 0 saturated heterocycles. The summed E-state index contributed by atoms with van der Waals surface area (Å²) >= 11 is 0. The van der Waals surface area contributed by atoms with Crippen LogP contribution >= 0.6 is 0 Å². The molecule has 2 aliphatic heterocycles. The monoisotopic (exact) mass is 840 g/mol. The molecule has 310 valence electrons. The van der Waals surface area contributed by atoms with E-state index in [0.717, 1.165) is 38.8 Å². The van der Waals surface area contributed by atoms with Gasteiger partial charge in [-0.05, 0) is 183 Å². The Hall–Kier alpha value is -7.94. The van der Waals surface area contributed by atoms with Crippen molar-refractivity contribution in [2.24, 2.45) is 0 Å². The van der Waals surface area contributed by atoms with E-state index in [1.54, 1.807) is 0 Å². The minimum Gasteiger partial charge on any atom is -0.341 e. The lowest BCUT2D eigenvalue weighted by atomic mass is 9.82. The zero-order chi connectivity index (χ0) is 43.0. The molecule has 0 atom stereocenters. The van der Waals surface area contributed by atoms with E-state index in [-0.39, 0.29) is 0 Å². The van der Waals surface area contributed by atoms with Gasteiger partial charge in [-0.3, -0.25) is 0 Å². The fraction of sp³-hybridized carbons (Fsp3) is 0.0938. The Labute approximate surface area is 384 Å². The van der Waals surface area contributed by atoms with Crippen LogP contribution in [-0.2, 0) is 12.8 Å². The van der Waals surface area contributed by atoms with Gasteiger partial charge in [0.25, 0.3) is 0 Å². The van der Waals surface area contributed by atoms with Gasteiger partial charge in [-0.25, -0.2) is 0 Å². The van der Waals surface area contributed by atoms with E-state index in [1.165, 1.54) is 144 Å². The Morgan fingerprint density at radius 3 is 1.11 bits per heavy atom. The molecule has 2 heterocycles. The Morgan fingerprint density at radius 1 is 0.273 bits per heavy atom. The molecule has 0 radical (unpaired) electrons. The smallest absolute Gasteiger partial charge is 0.0443 e. The summed E-state index contributed by atoms with van der Waals surface area (Å²) in [5, 5.41) is 10.5. The highest BCUT2D eigenvalue weighted by Crippen LogP contribution is 2.55. The zero-order valence-corrected chi connectivity index (χ0v) is 36.6. The maximum Gasteiger partial charge on any atom is 0.0443 e. The van der Waals surface area contributed by atoms with E-state index >= 15 is 0 Å². The molecule has 0 unspecified atom stereocenters. The summed E-state index contributed by atoms with van der Waals surface area (Å²) in [6, 6.07) is 74.4. The van der Waals surface area contributed by atoms with E-state index in [1.807, 2.05) is 0 Å². The van der Waals surface area contributed by atoms with E-state index in [0.29, 0.717) is 0 Å². The summed E-state index contributed by atoms with van der Waals surface area (Å²) in [4.78, 5) is 5.15. The first kappa shape index (κ1) is 36.4. The molecule has 4 aliphatic rings. The molecular weight excluding hydrogens is 797 g/mol. The lowest BCUT2D eigenvalue weighted by molar-refractivity contribution is 0.767. The van der Waals surface area contributed by atoms with Gasteiger partial charge in [-0.15, -0.1) is 0 Å².